The van der Waals surface area contributed by atoms with Crippen molar-refractivity contribution in [3.63, 3.8) is 0 Å². The zero-order chi connectivity index (χ0) is 19.3. The van der Waals surface area contributed by atoms with Gasteiger partial charge in [-0.15, -0.1) is 11.8 Å². The first-order valence-corrected chi connectivity index (χ1v) is 9.92. The summed E-state index contributed by atoms with van der Waals surface area (Å²) in [5, 5.41) is 0.132. The number of amides is 2. The van der Waals surface area contributed by atoms with Crippen LogP contribution in [0.4, 0.5) is 10.1 Å². The Bertz CT molecular complexity index is 896. The second-order valence-electron chi connectivity index (χ2n) is 6.94. The number of esters is 1. The maximum absolute atomic E-state index is 14.6. The van der Waals surface area contributed by atoms with Crippen LogP contribution in [0.2, 0.25) is 5.02 Å². The number of allylic oxidation sites excluding steroid dienone is 1. The number of carbonyl (C=O) groups is 3. The molecule has 1 saturated carbocycles. The van der Waals surface area contributed by atoms with E-state index in [2.05, 4.69) is 0 Å². The van der Waals surface area contributed by atoms with Crippen LogP contribution < -0.4 is 4.90 Å². The van der Waals surface area contributed by atoms with E-state index in [1.807, 2.05) is 0 Å². The molecule has 0 aromatic heterocycles. The summed E-state index contributed by atoms with van der Waals surface area (Å²) >= 11 is 7.36. The van der Waals surface area contributed by atoms with Gasteiger partial charge in [-0.2, -0.15) is 0 Å². The van der Waals surface area contributed by atoms with E-state index in [0.717, 1.165) is 23.8 Å². The normalized spacial score (nSPS) is 23.1. The lowest BCUT2D eigenvalue weighted by Gasteiger charge is -2.19. The third-order valence-electron chi connectivity index (χ3n) is 5.21. The molecule has 8 heteroatoms. The quantitative estimate of drug-likeness (QED) is 0.558. The van der Waals surface area contributed by atoms with Crippen molar-refractivity contribution in [1.82, 2.24) is 0 Å². The Morgan fingerprint density at radius 1 is 1.37 bits per heavy atom. The Morgan fingerprint density at radius 2 is 2.11 bits per heavy atom. The van der Waals surface area contributed by atoms with E-state index < -0.39 is 28.3 Å². The number of hydrogen-bond donors (Lipinski definition) is 0. The van der Waals surface area contributed by atoms with Crippen LogP contribution >= 0.6 is 23.4 Å². The number of methoxy groups -OCH3 is 1. The molecule has 2 amide bonds. The van der Waals surface area contributed by atoms with Gasteiger partial charge < -0.3 is 4.74 Å². The SMILES string of the molecule is COC(=O)C1(Sc2cc(N3C(=O)C4=CCCCC4C3=O)c(F)cc2Cl)CC1. The van der Waals surface area contributed by atoms with Gasteiger partial charge in [0.05, 0.1) is 23.7 Å². The number of carbonyl (C=O) groups excluding carboxylic acids is 3. The van der Waals surface area contributed by atoms with Crippen molar-refractivity contribution in [1.29, 1.82) is 0 Å². The van der Waals surface area contributed by atoms with Crippen molar-refractivity contribution in [3.8, 4) is 0 Å². The van der Waals surface area contributed by atoms with Gasteiger partial charge in [-0.3, -0.25) is 14.4 Å². The summed E-state index contributed by atoms with van der Waals surface area (Å²) in [5.74, 6) is -2.48. The van der Waals surface area contributed by atoms with E-state index in [0.29, 0.717) is 29.7 Å². The molecule has 5 nitrogen and oxygen atoms in total. The van der Waals surface area contributed by atoms with Crippen LogP contribution in [0, 0.1) is 11.7 Å². The maximum Gasteiger partial charge on any atom is 0.322 e. The van der Waals surface area contributed by atoms with Crippen LogP contribution in [0.5, 0.6) is 0 Å². The highest BCUT2D eigenvalue weighted by Gasteiger charge is 2.53. The van der Waals surface area contributed by atoms with Gasteiger partial charge in [0.1, 0.15) is 10.6 Å². The predicted octanol–water partition coefficient (Wildman–Crippen LogP) is 3.88. The van der Waals surface area contributed by atoms with Gasteiger partial charge in [0.15, 0.2) is 0 Å². The van der Waals surface area contributed by atoms with Gasteiger partial charge >= 0.3 is 5.97 Å². The minimum absolute atomic E-state index is 0.118. The zero-order valence-electron chi connectivity index (χ0n) is 14.6. The molecular formula is C19H17ClFNO4S. The molecule has 27 heavy (non-hydrogen) atoms. The van der Waals surface area contributed by atoms with E-state index in [9.17, 15) is 18.8 Å². The van der Waals surface area contributed by atoms with Crippen molar-refractivity contribution >= 4 is 46.8 Å². The van der Waals surface area contributed by atoms with Gasteiger partial charge in [0.25, 0.3) is 5.91 Å². The van der Waals surface area contributed by atoms with E-state index in [1.54, 1.807) is 6.08 Å². The monoisotopic (exact) mass is 409 g/mol. The molecule has 0 spiro atoms. The Hall–Kier alpha value is -1.86. The summed E-state index contributed by atoms with van der Waals surface area (Å²) < 4.78 is 18.7. The van der Waals surface area contributed by atoms with Crippen LogP contribution in [0.1, 0.15) is 32.1 Å². The van der Waals surface area contributed by atoms with Crippen molar-refractivity contribution in [2.75, 3.05) is 12.0 Å². The number of fused-ring (bicyclic) bond motifs is 1. The largest absolute Gasteiger partial charge is 0.468 e. The second-order valence-corrected chi connectivity index (χ2v) is 8.78. The zero-order valence-corrected chi connectivity index (χ0v) is 16.2. The lowest BCUT2D eigenvalue weighted by Crippen LogP contribution is -2.31. The number of halogens is 2. The third-order valence-corrected chi connectivity index (χ3v) is 7.16. The summed E-state index contributed by atoms with van der Waals surface area (Å²) in [6.45, 7) is 0. The summed E-state index contributed by atoms with van der Waals surface area (Å²) in [6, 6.07) is 2.47. The van der Waals surface area contributed by atoms with Crippen LogP contribution in [0.15, 0.2) is 28.7 Å². The maximum atomic E-state index is 14.6. The molecule has 1 atom stereocenters. The summed E-state index contributed by atoms with van der Waals surface area (Å²) in [7, 11) is 1.32. The molecule has 3 aliphatic rings. The highest BCUT2D eigenvalue weighted by Crippen LogP contribution is 2.54. The van der Waals surface area contributed by atoms with Crippen molar-refractivity contribution in [2.24, 2.45) is 5.92 Å². The van der Waals surface area contributed by atoms with E-state index in [-0.39, 0.29) is 16.7 Å². The number of benzene rings is 1. The highest BCUT2D eigenvalue weighted by molar-refractivity contribution is 8.01. The van der Waals surface area contributed by atoms with Gasteiger partial charge in [-0.1, -0.05) is 17.7 Å². The molecule has 2 fully saturated rings. The first-order chi connectivity index (χ1) is 12.9. The summed E-state index contributed by atoms with van der Waals surface area (Å²) in [5.41, 5.74) is 0.330. The first kappa shape index (κ1) is 18.5. The van der Waals surface area contributed by atoms with Gasteiger partial charge in [-0.25, -0.2) is 9.29 Å². The number of ether oxygens (including phenoxy) is 1. The van der Waals surface area contributed by atoms with E-state index in [1.165, 1.54) is 24.9 Å². The average Bonchev–Trinajstić information content (AvgIpc) is 3.40. The Labute approximate surface area is 164 Å². The molecule has 0 bridgehead atoms. The summed E-state index contributed by atoms with van der Waals surface area (Å²) in [4.78, 5) is 38.8. The smallest absolute Gasteiger partial charge is 0.322 e. The first-order valence-electron chi connectivity index (χ1n) is 8.73. The van der Waals surface area contributed by atoms with Crippen molar-refractivity contribution in [2.45, 2.75) is 41.7 Å². The van der Waals surface area contributed by atoms with Gasteiger partial charge in [0.2, 0.25) is 5.91 Å². The van der Waals surface area contributed by atoms with E-state index >= 15 is 0 Å². The minimum Gasteiger partial charge on any atom is -0.468 e. The van der Waals surface area contributed by atoms with Gasteiger partial charge in [-0.05, 0) is 44.2 Å². The highest BCUT2D eigenvalue weighted by atomic mass is 35.5. The molecule has 2 aliphatic carbocycles. The number of imide groups is 1. The molecule has 1 aromatic rings. The van der Waals surface area contributed by atoms with Crippen molar-refractivity contribution < 1.29 is 23.5 Å². The molecule has 1 saturated heterocycles. The molecule has 4 rings (SSSR count). The average molecular weight is 410 g/mol. The number of thioether (sulfide) groups is 1. The fourth-order valence-corrected chi connectivity index (χ4v) is 5.10. The molecule has 142 valence electrons. The van der Waals surface area contributed by atoms with Crippen molar-refractivity contribution in [3.05, 3.63) is 34.6 Å². The standard InChI is InChI=1S/C19H17ClFNO4S/c1-26-18(25)19(6-7-19)27-15-9-14(13(21)8-12(15)20)22-16(23)10-4-2-3-5-11(10)17(22)24/h4,8-9,11H,2-3,5-7H2,1H3. The molecule has 1 unspecified atom stereocenters. The van der Waals surface area contributed by atoms with Crippen LogP contribution in [0.25, 0.3) is 0 Å². The van der Waals surface area contributed by atoms with Gasteiger partial charge in [0, 0.05) is 10.5 Å². The third kappa shape index (κ3) is 2.97. The molecule has 0 radical (unpaired) electrons. The fourth-order valence-electron chi connectivity index (χ4n) is 3.61. The molecule has 1 aromatic carbocycles. The Kier molecular flexibility index (Phi) is 4.55. The summed E-state index contributed by atoms with van der Waals surface area (Å²) in [6.07, 6.45) is 5.19. The number of nitrogens with zero attached hydrogens (tertiary/aromatic N) is 1. The minimum atomic E-state index is -0.742. The molecule has 1 heterocycles. The van der Waals surface area contributed by atoms with Crippen LogP contribution in [-0.4, -0.2) is 29.6 Å². The fraction of sp³-hybridized carbons (Fsp3) is 0.421. The predicted molar refractivity (Wildman–Crippen MR) is 99.2 cm³/mol. The second kappa shape index (κ2) is 6.63. The van der Waals surface area contributed by atoms with Crippen LogP contribution in [-0.2, 0) is 19.1 Å². The number of rotatable bonds is 4. The molecule has 0 N–H and O–H groups in total. The Balaban J connectivity index is 1.71. The van der Waals surface area contributed by atoms with Crippen LogP contribution in [0.3, 0.4) is 0 Å². The molecular weight excluding hydrogens is 393 g/mol. The lowest BCUT2D eigenvalue weighted by atomic mass is 9.90. The molecule has 1 aliphatic heterocycles. The lowest BCUT2D eigenvalue weighted by molar-refractivity contribution is -0.140. The number of anilines is 1. The Morgan fingerprint density at radius 3 is 2.74 bits per heavy atom. The topological polar surface area (TPSA) is 63.7 Å². The van der Waals surface area contributed by atoms with E-state index in [4.69, 9.17) is 16.3 Å². The number of hydrogen-bond acceptors (Lipinski definition) is 5.